The molecule has 0 bridgehead atoms. The van der Waals surface area contributed by atoms with E-state index in [0.29, 0.717) is 24.9 Å². The number of esters is 1. The predicted molar refractivity (Wildman–Crippen MR) is 98.2 cm³/mol. The minimum absolute atomic E-state index is 0.183. The van der Waals surface area contributed by atoms with E-state index >= 15 is 0 Å². The van der Waals surface area contributed by atoms with Crippen LogP contribution in [0.5, 0.6) is 0 Å². The smallest absolute Gasteiger partial charge is 0.402 e. The molecule has 1 aromatic heterocycles. The third-order valence-corrected chi connectivity index (χ3v) is 5.15. The summed E-state index contributed by atoms with van der Waals surface area (Å²) in [5.74, 6) is -0.104. The summed E-state index contributed by atoms with van der Waals surface area (Å²) in [7, 11) is 3.21. The number of hydrogen-bond acceptors (Lipinski definition) is 6. The Labute approximate surface area is 163 Å². The van der Waals surface area contributed by atoms with Crippen molar-refractivity contribution in [3.05, 3.63) is 11.4 Å². The number of fused-ring (bicyclic) bond motifs is 3. The highest BCUT2D eigenvalue weighted by atomic mass is 16.5. The highest BCUT2D eigenvalue weighted by molar-refractivity contribution is 6.21. The highest BCUT2D eigenvalue weighted by Crippen LogP contribution is 2.35. The lowest BCUT2D eigenvalue weighted by Crippen LogP contribution is -2.58. The Morgan fingerprint density at radius 3 is 2.64 bits per heavy atom. The summed E-state index contributed by atoms with van der Waals surface area (Å²) in [5, 5.41) is 0. The van der Waals surface area contributed by atoms with Crippen LogP contribution in [0.1, 0.15) is 30.8 Å². The fraction of sp³-hybridized carbons (Fsp3) is 0.611. The first-order valence-corrected chi connectivity index (χ1v) is 9.26. The minimum atomic E-state index is -0.769. The Hall–Kier alpha value is -2.75. The van der Waals surface area contributed by atoms with Crippen molar-refractivity contribution < 1.29 is 28.4 Å². The molecule has 1 unspecified atom stereocenters. The SMILES string of the molecule is CCOC(=O)CN1C(=O)C2C(=Nc3n2c(C)c(C)[n+]3CCCOC)N(C)C1=O. The van der Waals surface area contributed by atoms with Crippen molar-refractivity contribution in [2.45, 2.75) is 39.8 Å². The summed E-state index contributed by atoms with van der Waals surface area (Å²) in [6.07, 6.45) is 0.797. The zero-order chi connectivity index (χ0) is 20.6. The van der Waals surface area contributed by atoms with Gasteiger partial charge in [-0.15, -0.1) is 0 Å². The quantitative estimate of drug-likeness (QED) is 0.382. The van der Waals surface area contributed by atoms with Crippen molar-refractivity contribution in [2.24, 2.45) is 4.99 Å². The minimum Gasteiger partial charge on any atom is -0.465 e. The van der Waals surface area contributed by atoms with Crippen LogP contribution in [0.15, 0.2) is 4.99 Å². The summed E-state index contributed by atoms with van der Waals surface area (Å²) in [4.78, 5) is 44.5. The monoisotopic (exact) mass is 392 g/mol. The molecule has 10 heteroatoms. The van der Waals surface area contributed by atoms with Gasteiger partial charge < -0.3 is 9.47 Å². The predicted octanol–water partition coefficient (Wildman–Crippen LogP) is 0.471. The fourth-order valence-electron chi connectivity index (χ4n) is 3.62. The van der Waals surface area contributed by atoms with Crippen molar-refractivity contribution in [1.82, 2.24) is 14.4 Å². The molecule has 0 aliphatic carbocycles. The number of ether oxygens (including phenoxy) is 2. The maximum Gasteiger partial charge on any atom is 0.402 e. The third kappa shape index (κ3) is 3.07. The number of imide groups is 1. The highest BCUT2D eigenvalue weighted by Gasteiger charge is 2.54. The molecule has 3 heterocycles. The molecule has 2 aliphatic heterocycles. The number of rotatable bonds is 7. The van der Waals surface area contributed by atoms with Crippen LogP contribution in [0.3, 0.4) is 0 Å². The molecule has 1 fully saturated rings. The van der Waals surface area contributed by atoms with Crippen molar-refractivity contribution in [3.8, 4) is 0 Å². The second kappa shape index (κ2) is 7.70. The lowest BCUT2D eigenvalue weighted by Gasteiger charge is -2.32. The first kappa shape index (κ1) is 20.0. The number of nitrogens with zero attached hydrogens (tertiary/aromatic N) is 5. The molecule has 0 N–H and O–H groups in total. The number of carbonyl (C=O) groups excluding carboxylic acids is 3. The van der Waals surface area contributed by atoms with Gasteiger partial charge in [0, 0.05) is 27.2 Å². The molecule has 1 aromatic rings. The molecule has 28 heavy (non-hydrogen) atoms. The molecule has 3 rings (SSSR count). The Kier molecular flexibility index (Phi) is 5.50. The van der Waals surface area contributed by atoms with Gasteiger partial charge >= 0.3 is 17.9 Å². The molecule has 2 aliphatic rings. The number of methoxy groups -OCH3 is 1. The van der Waals surface area contributed by atoms with E-state index in [0.717, 1.165) is 22.7 Å². The van der Waals surface area contributed by atoms with Crippen LogP contribution in [0.4, 0.5) is 10.7 Å². The fourth-order valence-corrected chi connectivity index (χ4v) is 3.62. The maximum atomic E-state index is 13.1. The van der Waals surface area contributed by atoms with Gasteiger partial charge in [-0.25, -0.2) is 18.8 Å². The zero-order valence-electron chi connectivity index (χ0n) is 16.9. The molecule has 1 atom stereocenters. The molecule has 0 aromatic carbocycles. The van der Waals surface area contributed by atoms with Gasteiger partial charge in [-0.05, 0) is 20.8 Å². The number of carbonyl (C=O) groups is 3. The second-order valence-corrected chi connectivity index (χ2v) is 6.78. The van der Waals surface area contributed by atoms with Gasteiger partial charge in [0.15, 0.2) is 0 Å². The largest absolute Gasteiger partial charge is 0.465 e. The summed E-state index contributed by atoms with van der Waals surface area (Å²) in [6.45, 7) is 6.63. The summed E-state index contributed by atoms with van der Waals surface area (Å²) < 4.78 is 13.9. The van der Waals surface area contributed by atoms with Crippen LogP contribution in [0.2, 0.25) is 0 Å². The van der Waals surface area contributed by atoms with Crippen LogP contribution in [0, 0.1) is 13.8 Å². The van der Waals surface area contributed by atoms with E-state index in [1.54, 1.807) is 21.1 Å². The molecular weight excluding hydrogens is 366 g/mol. The summed E-state index contributed by atoms with van der Waals surface area (Å²) in [6, 6.07) is -1.35. The Morgan fingerprint density at radius 1 is 1.29 bits per heavy atom. The molecule has 3 amide bonds. The Bertz CT molecular complexity index is 859. The average molecular weight is 392 g/mol. The van der Waals surface area contributed by atoms with Crippen molar-refractivity contribution >= 4 is 29.7 Å². The van der Waals surface area contributed by atoms with Gasteiger partial charge in [0.25, 0.3) is 5.91 Å². The van der Waals surface area contributed by atoms with E-state index in [2.05, 4.69) is 4.99 Å². The zero-order valence-corrected chi connectivity index (χ0v) is 16.9. The summed E-state index contributed by atoms with van der Waals surface area (Å²) in [5.41, 5.74) is 1.89. The number of imidazole rings is 1. The topological polar surface area (TPSA) is 97.3 Å². The lowest BCUT2D eigenvalue weighted by molar-refractivity contribution is -0.689. The van der Waals surface area contributed by atoms with Crippen molar-refractivity contribution in [1.29, 1.82) is 0 Å². The molecule has 10 nitrogen and oxygen atoms in total. The Balaban J connectivity index is 1.98. The van der Waals surface area contributed by atoms with E-state index in [1.165, 1.54) is 4.90 Å². The summed E-state index contributed by atoms with van der Waals surface area (Å²) >= 11 is 0. The van der Waals surface area contributed by atoms with Crippen LogP contribution in [-0.2, 0) is 25.6 Å². The maximum absolute atomic E-state index is 13.1. The average Bonchev–Trinajstić information content (AvgIpc) is 3.15. The first-order valence-electron chi connectivity index (χ1n) is 9.26. The number of likely N-dealkylation sites (N-methyl/N-ethyl adjacent to an activating group) is 1. The third-order valence-electron chi connectivity index (χ3n) is 5.15. The molecule has 0 saturated carbocycles. The van der Waals surface area contributed by atoms with E-state index in [9.17, 15) is 14.4 Å². The van der Waals surface area contributed by atoms with Gasteiger partial charge in [0.2, 0.25) is 11.9 Å². The normalized spacial score (nSPS) is 18.3. The number of amidine groups is 1. The Morgan fingerprint density at radius 2 is 2.00 bits per heavy atom. The van der Waals surface area contributed by atoms with E-state index in [1.807, 2.05) is 23.0 Å². The van der Waals surface area contributed by atoms with E-state index < -0.39 is 30.5 Å². The number of urea groups is 1. The van der Waals surface area contributed by atoms with Gasteiger partial charge in [-0.2, -0.15) is 0 Å². The van der Waals surface area contributed by atoms with E-state index in [-0.39, 0.29) is 6.61 Å². The number of aliphatic imine (C=N–C) groups is 1. The van der Waals surface area contributed by atoms with Crippen LogP contribution in [0.25, 0.3) is 0 Å². The second-order valence-electron chi connectivity index (χ2n) is 6.78. The molecule has 0 radical (unpaired) electrons. The van der Waals surface area contributed by atoms with Gasteiger partial charge in [0.05, 0.1) is 13.2 Å². The molecule has 152 valence electrons. The van der Waals surface area contributed by atoms with Crippen LogP contribution < -0.4 is 4.57 Å². The lowest BCUT2D eigenvalue weighted by atomic mass is 10.1. The molecule has 1 saturated heterocycles. The van der Waals surface area contributed by atoms with Crippen LogP contribution in [-0.4, -0.2) is 72.0 Å². The van der Waals surface area contributed by atoms with E-state index in [4.69, 9.17) is 9.47 Å². The number of amides is 3. The van der Waals surface area contributed by atoms with Gasteiger partial charge in [-0.3, -0.25) is 14.5 Å². The first-order chi connectivity index (χ1) is 13.3. The number of hydrogen-bond donors (Lipinski definition) is 0. The van der Waals surface area contributed by atoms with Crippen LogP contribution >= 0.6 is 0 Å². The van der Waals surface area contributed by atoms with Crippen molar-refractivity contribution in [2.75, 3.05) is 33.9 Å². The molecular formula is C18H26N5O5+. The number of aromatic nitrogens is 2. The van der Waals surface area contributed by atoms with Gasteiger partial charge in [-0.1, -0.05) is 4.99 Å². The van der Waals surface area contributed by atoms with Gasteiger partial charge in [0.1, 0.15) is 17.9 Å². The molecule has 0 spiro atoms. The standard InChI is InChI=1S/C18H26N5O5/c1-6-28-13(24)10-22-16(25)14-15(20(4)18(22)26)19-17-21(8-7-9-27-5)11(2)12(3)23(14)17/h14H,6-10H2,1-5H3/q+1. The van der Waals surface area contributed by atoms with Crippen molar-refractivity contribution in [3.63, 3.8) is 0 Å².